The maximum atomic E-state index is 12.6. The molecule has 33 heavy (non-hydrogen) atoms. The molecular weight excluding hydrogens is 414 g/mol. The van der Waals surface area contributed by atoms with Gasteiger partial charge in [-0.2, -0.15) is 10.4 Å². The lowest BCUT2D eigenvalue weighted by Crippen LogP contribution is -2.07. The summed E-state index contributed by atoms with van der Waals surface area (Å²) in [5.41, 5.74) is 3.87. The van der Waals surface area contributed by atoms with E-state index in [0.29, 0.717) is 17.0 Å². The number of ether oxygens (including phenoxy) is 2. The fraction of sp³-hybridized carbons (Fsp3) is 0.0741. The van der Waals surface area contributed by atoms with Gasteiger partial charge in [-0.15, -0.1) is 0 Å². The van der Waals surface area contributed by atoms with Crippen LogP contribution in [0.1, 0.15) is 11.1 Å². The highest BCUT2D eigenvalue weighted by atomic mass is 16.5. The van der Waals surface area contributed by atoms with Crippen LogP contribution >= 0.6 is 0 Å². The second-order valence-corrected chi connectivity index (χ2v) is 7.17. The number of esters is 1. The lowest BCUT2D eigenvalue weighted by Gasteiger charge is -2.05. The number of carbonyl (C=O) groups excluding carboxylic acids is 1. The standard InChI is InChI=1S/C27H21N3O3/c1-32-25-14-12-20(13-15-25)16-22(17-28)27(31)33-19-23-18-30(24-10-6-3-7-11-24)29-26(23)21-8-4-2-5-9-21/h2-16,18H,19H2,1H3/b22-16+. The van der Waals surface area contributed by atoms with Gasteiger partial charge in [-0.1, -0.05) is 60.7 Å². The maximum Gasteiger partial charge on any atom is 0.349 e. The first-order valence-electron chi connectivity index (χ1n) is 10.3. The molecule has 1 heterocycles. The molecule has 0 N–H and O–H groups in total. The van der Waals surface area contributed by atoms with Crippen molar-refractivity contribution in [2.24, 2.45) is 0 Å². The van der Waals surface area contributed by atoms with Crippen LogP contribution in [0.5, 0.6) is 5.75 Å². The molecule has 0 aliphatic heterocycles. The molecule has 4 aromatic rings. The van der Waals surface area contributed by atoms with Gasteiger partial charge in [0.2, 0.25) is 0 Å². The Morgan fingerprint density at radius 1 is 1.00 bits per heavy atom. The lowest BCUT2D eigenvalue weighted by molar-refractivity contribution is -0.139. The van der Waals surface area contributed by atoms with Gasteiger partial charge in [0.15, 0.2) is 0 Å². The first kappa shape index (κ1) is 21.6. The van der Waals surface area contributed by atoms with Crippen molar-refractivity contribution >= 4 is 12.0 Å². The highest BCUT2D eigenvalue weighted by Gasteiger charge is 2.16. The van der Waals surface area contributed by atoms with Gasteiger partial charge in [-0.05, 0) is 35.9 Å². The van der Waals surface area contributed by atoms with E-state index in [2.05, 4.69) is 0 Å². The molecule has 0 spiro atoms. The Morgan fingerprint density at radius 2 is 1.67 bits per heavy atom. The molecule has 6 heteroatoms. The number of carbonyl (C=O) groups is 1. The quantitative estimate of drug-likeness (QED) is 0.227. The first-order valence-corrected chi connectivity index (χ1v) is 10.3. The number of methoxy groups -OCH3 is 1. The molecule has 6 nitrogen and oxygen atoms in total. The second-order valence-electron chi connectivity index (χ2n) is 7.17. The molecule has 0 aliphatic rings. The van der Waals surface area contributed by atoms with Crippen molar-refractivity contribution in [2.45, 2.75) is 6.61 Å². The summed E-state index contributed by atoms with van der Waals surface area (Å²) in [5, 5.41) is 14.2. The van der Waals surface area contributed by atoms with Gasteiger partial charge in [-0.25, -0.2) is 9.48 Å². The third-order valence-electron chi connectivity index (χ3n) is 4.98. The van der Waals surface area contributed by atoms with Gasteiger partial charge in [0.05, 0.1) is 18.5 Å². The summed E-state index contributed by atoms with van der Waals surface area (Å²) in [5.74, 6) is -0.00288. The van der Waals surface area contributed by atoms with Gasteiger partial charge in [-0.3, -0.25) is 0 Å². The van der Waals surface area contributed by atoms with Crippen molar-refractivity contribution in [2.75, 3.05) is 7.11 Å². The second kappa shape index (κ2) is 10.1. The Labute approximate surface area is 191 Å². The number of para-hydroxylation sites is 1. The van der Waals surface area contributed by atoms with Gasteiger partial charge < -0.3 is 9.47 Å². The molecule has 3 aromatic carbocycles. The van der Waals surface area contributed by atoms with Crippen molar-refractivity contribution in [1.29, 1.82) is 5.26 Å². The molecule has 0 atom stereocenters. The van der Waals surface area contributed by atoms with Crippen molar-refractivity contribution in [1.82, 2.24) is 9.78 Å². The van der Waals surface area contributed by atoms with Crippen LogP contribution in [0.15, 0.2) is 96.7 Å². The minimum atomic E-state index is -0.695. The van der Waals surface area contributed by atoms with Crippen molar-refractivity contribution in [3.63, 3.8) is 0 Å². The van der Waals surface area contributed by atoms with Crippen molar-refractivity contribution < 1.29 is 14.3 Å². The van der Waals surface area contributed by atoms with Crippen molar-refractivity contribution in [3.8, 4) is 28.8 Å². The number of nitrogens with zero attached hydrogens (tertiary/aromatic N) is 3. The fourth-order valence-corrected chi connectivity index (χ4v) is 3.29. The van der Waals surface area contributed by atoms with E-state index in [1.807, 2.05) is 72.9 Å². The molecular formula is C27H21N3O3. The Hall–Kier alpha value is -4.63. The van der Waals surface area contributed by atoms with Gasteiger partial charge in [0.1, 0.15) is 24.0 Å². The predicted octanol–water partition coefficient (Wildman–Crippen LogP) is 5.20. The van der Waals surface area contributed by atoms with Crippen LogP contribution in [0.4, 0.5) is 0 Å². The smallest absolute Gasteiger partial charge is 0.349 e. The maximum absolute atomic E-state index is 12.6. The van der Waals surface area contributed by atoms with E-state index in [9.17, 15) is 10.1 Å². The monoisotopic (exact) mass is 435 g/mol. The Bertz CT molecular complexity index is 1300. The normalized spacial score (nSPS) is 11.0. The number of rotatable bonds is 7. The minimum Gasteiger partial charge on any atom is -0.497 e. The summed E-state index contributed by atoms with van der Waals surface area (Å²) in [7, 11) is 1.58. The molecule has 0 fully saturated rings. The third kappa shape index (κ3) is 5.17. The molecule has 162 valence electrons. The van der Waals surface area contributed by atoms with Crippen LogP contribution in [-0.2, 0) is 16.1 Å². The van der Waals surface area contributed by atoms with Crippen LogP contribution in [0.2, 0.25) is 0 Å². The summed E-state index contributed by atoms with van der Waals surface area (Å²) >= 11 is 0. The molecule has 0 unspecified atom stereocenters. The predicted molar refractivity (Wildman–Crippen MR) is 125 cm³/mol. The van der Waals surface area contributed by atoms with Gasteiger partial charge >= 0.3 is 5.97 Å². The highest BCUT2D eigenvalue weighted by Crippen LogP contribution is 2.25. The number of hydrogen-bond acceptors (Lipinski definition) is 5. The Balaban J connectivity index is 1.57. The van der Waals surface area contributed by atoms with Crippen LogP contribution in [0, 0.1) is 11.3 Å². The lowest BCUT2D eigenvalue weighted by atomic mass is 10.1. The third-order valence-corrected chi connectivity index (χ3v) is 4.98. The topological polar surface area (TPSA) is 77.1 Å². The molecule has 0 aliphatic carbocycles. The number of aromatic nitrogens is 2. The zero-order chi connectivity index (χ0) is 23.0. The van der Waals surface area contributed by atoms with Crippen molar-refractivity contribution in [3.05, 3.63) is 108 Å². The summed E-state index contributed by atoms with van der Waals surface area (Å²) in [6.45, 7) is -0.0163. The molecule has 4 rings (SSSR count). The Morgan fingerprint density at radius 3 is 2.30 bits per heavy atom. The van der Waals surface area contributed by atoms with E-state index in [1.54, 1.807) is 36.1 Å². The molecule has 0 amide bonds. The summed E-state index contributed by atoms with van der Waals surface area (Å²) in [6, 6.07) is 28.4. The SMILES string of the molecule is COc1ccc(/C=C(\C#N)C(=O)OCc2cn(-c3ccccc3)nc2-c2ccccc2)cc1. The average molecular weight is 435 g/mol. The molecule has 0 radical (unpaired) electrons. The van der Waals surface area contributed by atoms with Crippen LogP contribution in [-0.4, -0.2) is 22.9 Å². The summed E-state index contributed by atoms with van der Waals surface area (Å²) in [4.78, 5) is 12.6. The molecule has 1 aromatic heterocycles. The average Bonchev–Trinajstić information content (AvgIpc) is 3.31. The first-order chi connectivity index (χ1) is 16.2. The van der Waals surface area contributed by atoms with E-state index in [0.717, 1.165) is 16.8 Å². The highest BCUT2D eigenvalue weighted by molar-refractivity contribution is 5.97. The zero-order valence-corrected chi connectivity index (χ0v) is 18.0. The van der Waals surface area contributed by atoms with Crippen LogP contribution in [0.25, 0.3) is 23.0 Å². The van der Waals surface area contributed by atoms with Crippen LogP contribution in [0.3, 0.4) is 0 Å². The zero-order valence-electron chi connectivity index (χ0n) is 18.0. The van der Waals surface area contributed by atoms with E-state index >= 15 is 0 Å². The van der Waals surface area contributed by atoms with Crippen LogP contribution < -0.4 is 4.74 Å². The summed E-state index contributed by atoms with van der Waals surface area (Å²) < 4.78 is 12.4. The minimum absolute atomic E-state index is 0.0163. The van der Waals surface area contributed by atoms with Gasteiger partial charge in [0, 0.05) is 17.3 Å². The molecule has 0 bridgehead atoms. The van der Waals surface area contributed by atoms with E-state index < -0.39 is 5.97 Å². The number of hydrogen-bond donors (Lipinski definition) is 0. The largest absolute Gasteiger partial charge is 0.497 e. The Kier molecular flexibility index (Phi) is 6.62. The van der Waals surface area contributed by atoms with E-state index in [1.165, 1.54) is 6.08 Å². The molecule has 0 saturated heterocycles. The fourth-order valence-electron chi connectivity index (χ4n) is 3.29. The van der Waals surface area contributed by atoms with E-state index in [-0.39, 0.29) is 12.2 Å². The van der Waals surface area contributed by atoms with E-state index in [4.69, 9.17) is 14.6 Å². The number of benzene rings is 3. The molecule has 0 saturated carbocycles. The summed E-state index contributed by atoms with van der Waals surface area (Å²) in [6.07, 6.45) is 3.33. The van der Waals surface area contributed by atoms with Gasteiger partial charge in [0.25, 0.3) is 0 Å². The number of nitriles is 1.